The van der Waals surface area contributed by atoms with Crippen molar-refractivity contribution in [3.63, 3.8) is 0 Å². The number of benzene rings is 2. The van der Waals surface area contributed by atoms with Gasteiger partial charge in [-0.3, -0.25) is 14.9 Å². The van der Waals surface area contributed by atoms with Crippen molar-refractivity contribution < 1.29 is 14.4 Å². The van der Waals surface area contributed by atoms with Crippen molar-refractivity contribution in [2.75, 3.05) is 4.90 Å². The maximum absolute atomic E-state index is 13.4. The molecule has 2 aromatic carbocycles. The summed E-state index contributed by atoms with van der Waals surface area (Å²) >= 11 is 3.62. The quantitative estimate of drug-likeness (QED) is 0.408. The topological polar surface area (TPSA) is 71.4 Å². The maximum atomic E-state index is 13.4. The van der Waals surface area contributed by atoms with Crippen LogP contribution in [0.4, 0.5) is 10.5 Å². The molecule has 1 aliphatic heterocycles. The van der Waals surface area contributed by atoms with E-state index >= 15 is 0 Å². The zero-order valence-electron chi connectivity index (χ0n) is 18.0. The second kappa shape index (κ2) is 8.59. The molecule has 1 aromatic heterocycles. The van der Waals surface area contributed by atoms with Gasteiger partial charge in [-0.25, -0.2) is 9.69 Å². The van der Waals surface area contributed by atoms with Crippen LogP contribution in [0.5, 0.6) is 0 Å². The molecular formula is C25H22BrN3O3. The smallest absolute Gasteiger partial charge is 0.317 e. The summed E-state index contributed by atoms with van der Waals surface area (Å²) in [5.74, 6) is -1.35. The highest BCUT2D eigenvalue weighted by molar-refractivity contribution is 9.10. The predicted octanol–water partition coefficient (Wildman–Crippen LogP) is 5.09. The fourth-order valence-corrected chi connectivity index (χ4v) is 4.58. The summed E-state index contributed by atoms with van der Waals surface area (Å²) < 4.78 is 2.83. The number of aryl methyl sites for hydroxylation is 1. The number of barbiturate groups is 1. The minimum absolute atomic E-state index is 0.0930. The first-order valence-corrected chi connectivity index (χ1v) is 11.1. The number of urea groups is 1. The highest BCUT2D eigenvalue weighted by atomic mass is 79.9. The van der Waals surface area contributed by atoms with Crippen LogP contribution < -0.4 is 10.2 Å². The van der Waals surface area contributed by atoms with Gasteiger partial charge in [0.2, 0.25) is 0 Å². The highest BCUT2D eigenvalue weighted by Gasteiger charge is 2.38. The lowest BCUT2D eigenvalue weighted by atomic mass is 10.0. The van der Waals surface area contributed by atoms with E-state index in [0.29, 0.717) is 17.7 Å². The van der Waals surface area contributed by atoms with Crippen LogP contribution in [0.25, 0.3) is 11.8 Å². The summed E-state index contributed by atoms with van der Waals surface area (Å²) in [5, 5.41) is 2.31. The normalized spacial score (nSPS) is 15.4. The van der Waals surface area contributed by atoms with Gasteiger partial charge in [-0.1, -0.05) is 43.3 Å². The minimum atomic E-state index is -0.744. The number of nitrogens with one attached hydrogen (secondary N) is 1. The standard InChI is InChI=1S/C25H22BrN3O3/c1-4-17-10-8-9-13-21(17)29-24(31)20(23(30)27-25(29)32)14-19-15(2)28(16(3)22(19)26)18-11-6-5-7-12-18/h5-14H,4H2,1-3H3,(H,27,30,32)/b20-14+. The third-order valence-electron chi connectivity index (χ3n) is 5.63. The molecule has 1 N–H and O–H groups in total. The number of imide groups is 2. The summed E-state index contributed by atoms with van der Waals surface area (Å²) in [7, 11) is 0. The number of halogens is 1. The number of hydrogen-bond donors (Lipinski definition) is 1. The number of carbonyl (C=O) groups excluding carboxylic acids is 3. The average Bonchev–Trinajstić information content (AvgIpc) is 3.00. The van der Waals surface area contributed by atoms with Gasteiger partial charge in [0.15, 0.2) is 0 Å². The van der Waals surface area contributed by atoms with Crippen LogP contribution in [-0.4, -0.2) is 22.4 Å². The van der Waals surface area contributed by atoms with Gasteiger partial charge in [0, 0.05) is 27.1 Å². The molecule has 0 atom stereocenters. The van der Waals surface area contributed by atoms with Crippen LogP contribution >= 0.6 is 15.9 Å². The van der Waals surface area contributed by atoms with Crippen LogP contribution in [0.3, 0.4) is 0 Å². The van der Waals surface area contributed by atoms with Crippen molar-refractivity contribution in [1.82, 2.24) is 9.88 Å². The summed E-state index contributed by atoms with van der Waals surface area (Å²) in [6.07, 6.45) is 2.20. The van der Waals surface area contributed by atoms with E-state index in [2.05, 4.69) is 25.8 Å². The Hall–Kier alpha value is -3.45. The number of aromatic nitrogens is 1. The molecule has 3 aromatic rings. The van der Waals surface area contributed by atoms with E-state index < -0.39 is 17.8 Å². The summed E-state index contributed by atoms with van der Waals surface area (Å²) in [5.41, 5.74) is 4.71. The molecule has 162 valence electrons. The van der Waals surface area contributed by atoms with E-state index in [1.54, 1.807) is 18.2 Å². The van der Waals surface area contributed by atoms with Gasteiger partial charge in [-0.05, 0) is 66.0 Å². The summed E-state index contributed by atoms with van der Waals surface area (Å²) in [4.78, 5) is 39.7. The molecule has 7 heteroatoms. The van der Waals surface area contributed by atoms with Gasteiger partial charge < -0.3 is 4.57 Å². The molecular weight excluding hydrogens is 470 g/mol. The van der Waals surface area contributed by atoms with Crippen molar-refractivity contribution in [3.8, 4) is 5.69 Å². The Labute approximate surface area is 194 Å². The largest absolute Gasteiger partial charge is 0.335 e. The number of rotatable bonds is 4. The molecule has 0 aliphatic carbocycles. The Morgan fingerprint density at radius 1 is 0.938 bits per heavy atom. The van der Waals surface area contributed by atoms with Crippen molar-refractivity contribution in [1.29, 1.82) is 0 Å². The molecule has 0 unspecified atom stereocenters. The molecule has 1 saturated heterocycles. The first kappa shape index (κ1) is 21.8. The lowest BCUT2D eigenvalue weighted by molar-refractivity contribution is -0.122. The molecule has 2 heterocycles. The molecule has 4 rings (SSSR count). The van der Waals surface area contributed by atoms with E-state index in [0.717, 1.165) is 32.0 Å². The first-order valence-electron chi connectivity index (χ1n) is 10.3. The molecule has 0 saturated carbocycles. The van der Waals surface area contributed by atoms with Crippen molar-refractivity contribution in [2.45, 2.75) is 27.2 Å². The van der Waals surface area contributed by atoms with Gasteiger partial charge >= 0.3 is 6.03 Å². The van der Waals surface area contributed by atoms with E-state index in [1.165, 1.54) is 0 Å². The Balaban J connectivity index is 1.83. The fourth-order valence-electron chi connectivity index (χ4n) is 4.00. The molecule has 0 bridgehead atoms. The second-order valence-electron chi connectivity index (χ2n) is 7.51. The highest BCUT2D eigenvalue weighted by Crippen LogP contribution is 2.33. The third-order valence-corrected chi connectivity index (χ3v) is 6.63. The third kappa shape index (κ3) is 3.58. The van der Waals surface area contributed by atoms with E-state index in [4.69, 9.17) is 0 Å². The SMILES string of the molecule is CCc1ccccc1N1C(=O)NC(=O)/C(=C\c2c(Br)c(C)n(-c3ccccc3)c2C)C1=O. The molecule has 1 aliphatic rings. The zero-order chi connectivity index (χ0) is 23.0. The number of carbonyl (C=O) groups is 3. The maximum Gasteiger partial charge on any atom is 0.335 e. The summed E-state index contributed by atoms with van der Waals surface area (Å²) in [6, 6.07) is 16.3. The number of para-hydroxylation sites is 2. The first-order chi connectivity index (χ1) is 15.3. The van der Waals surface area contributed by atoms with Crippen LogP contribution in [0.1, 0.15) is 29.4 Å². The zero-order valence-corrected chi connectivity index (χ0v) is 19.6. The van der Waals surface area contributed by atoms with Crippen molar-refractivity contribution in [2.24, 2.45) is 0 Å². The Bertz CT molecular complexity index is 1280. The Kier molecular flexibility index (Phi) is 5.84. The lowest BCUT2D eigenvalue weighted by Crippen LogP contribution is -2.54. The van der Waals surface area contributed by atoms with Crippen LogP contribution in [-0.2, 0) is 16.0 Å². The van der Waals surface area contributed by atoms with Gasteiger partial charge in [-0.15, -0.1) is 0 Å². The minimum Gasteiger partial charge on any atom is -0.317 e. The Morgan fingerprint density at radius 2 is 1.59 bits per heavy atom. The fraction of sp³-hybridized carbons (Fsp3) is 0.160. The number of nitrogens with zero attached hydrogens (tertiary/aromatic N) is 2. The predicted molar refractivity (Wildman–Crippen MR) is 128 cm³/mol. The molecule has 0 spiro atoms. The molecule has 4 amide bonds. The van der Waals surface area contributed by atoms with Crippen LogP contribution in [0.15, 0.2) is 64.6 Å². The van der Waals surface area contributed by atoms with E-state index in [-0.39, 0.29) is 5.57 Å². The lowest BCUT2D eigenvalue weighted by Gasteiger charge is -2.28. The molecule has 1 fully saturated rings. The van der Waals surface area contributed by atoms with E-state index in [9.17, 15) is 14.4 Å². The molecule has 6 nitrogen and oxygen atoms in total. The second-order valence-corrected chi connectivity index (χ2v) is 8.30. The van der Waals surface area contributed by atoms with E-state index in [1.807, 2.05) is 63.2 Å². The molecule has 0 radical (unpaired) electrons. The number of anilines is 1. The summed E-state index contributed by atoms with van der Waals surface area (Å²) in [6.45, 7) is 5.84. The Morgan fingerprint density at radius 3 is 2.28 bits per heavy atom. The van der Waals surface area contributed by atoms with Gasteiger partial charge in [-0.2, -0.15) is 0 Å². The van der Waals surface area contributed by atoms with Gasteiger partial charge in [0.1, 0.15) is 5.57 Å². The van der Waals surface area contributed by atoms with Gasteiger partial charge in [0.25, 0.3) is 11.8 Å². The molecule has 32 heavy (non-hydrogen) atoms. The number of amides is 4. The van der Waals surface area contributed by atoms with Crippen LogP contribution in [0, 0.1) is 13.8 Å². The van der Waals surface area contributed by atoms with Gasteiger partial charge in [0.05, 0.1) is 5.69 Å². The van der Waals surface area contributed by atoms with Crippen molar-refractivity contribution in [3.05, 3.63) is 87.2 Å². The van der Waals surface area contributed by atoms with Crippen molar-refractivity contribution >= 4 is 45.5 Å². The average molecular weight is 492 g/mol. The number of hydrogen-bond acceptors (Lipinski definition) is 3. The monoisotopic (exact) mass is 491 g/mol. The van der Waals surface area contributed by atoms with Crippen LogP contribution in [0.2, 0.25) is 0 Å².